The molecule has 10 heteroatoms. The first-order valence-electron chi connectivity index (χ1n) is 12.4. The number of carbonyl (C=O) groups is 1. The molecule has 6 bridgehead atoms. The molecule has 0 amide bonds. The number of nitrogens with one attached hydrogen (secondary N) is 1. The molecule has 0 aromatic carbocycles. The lowest BCUT2D eigenvalue weighted by Crippen LogP contribution is -2.75. The maximum Gasteiger partial charge on any atom is 0.355 e. The number of hydrogen-bond acceptors (Lipinski definition) is 9. The third-order valence-electron chi connectivity index (χ3n) is 11.3. The van der Waals surface area contributed by atoms with Crippen LogP contribution in [0.4, 0.5) is 0 Å². The Hall–Kier alpha value is -1.53. The van der Waals surface area contributed by atoms with Gasteiger partial charge in [0.1, 0.15) is 28.1 Å². The minimum absolute atomic E-state index is 0.0654. The number of H-pyrrole nitrogens is 1. The zero-order valence-electron chi connectivity index (χ0n) is 20.6. The molecule has 1 aromatic heterocycles. The Labute approximate surface area is 202 Å². The van der Waals surface area contributed by atoms with Gasteiger partial charge in [-0.25, -0.2) is 4.79 Å². The number of esters is 1. The van der Waals surface area contributed by atoms with Gasteiger partial charge in [-0.05, 0) is 43.7 Å². The van der Waals surface area contributed by atoms with Gasteiger partial charge in [-0.15, -0.1) is 0 Å². The second-order valence-electron chi connectivity index (χ2n) is 12.4. The van der Waals surface area contributed by atoms with Crippen molar-refractivity contribution in [3.63, 3.8) is 0 Å². The SMILES string of the molecule is CC1CC[C@]2(O)[C@]3(C)C[C@]4(O)O[C@@]2(C1O)[C@]1(O)[C@@]3(O)C(OC(=O)c2ccc[nH]2)[C@](O)(C(C)C)[C@@]14C. The molecule has 1 spiro atoms. The van der Waals surface area contributed by atoms with Gasteiger partial charge in [-0.2, -0.15) is 0 Å². The molecule has 35 heavy (non-hydrogen) atoms. The molecular weight excluding hydrogens is 458 g/mol. The lowest BCUT2D eigenvalue weighted by atomic mass is 9.52. The first-order chi connectivity index (χ1) is 16.0. The lowest BCUT2D eigenvalue weighted by Gasteiger charge is -2.60. The van der Waals surface area contributed by atoms with Crippen LogP contribution in [0.3, 0.4) is 0 Å². The zero-order valence-corrected chi connectivity index (χ0v) is 20.6. The lowest BCUT2D eigenvalue weighted by molar-refractivity contribution is -0.390. The van der Waals surface area contributed by atoms with Crippen LogP contribution in [-0.4, -0.2) is 87.6 Å². The third-order valence-corrected chi connectivity index (χ3v) is 11.3. The Morgan fingerprint density at radius 2 is 1.86 bits per heavy atom. The Bertz CT molecular complexity index is 1130. The van der Waals surface area contributed by atoms with Crippen molar-refractivity contribution in [2.24, 2.45) is 22.7 Å². The van der Waals surface area contributed by atoms with Gasteiger partial charge in [-0.3, -0.25) is 0 Å². The molecule has 4 saturated carbocycles. The Morgan fingerprint density at radius 3 is 2.43 bits per heavy atom. The van der Waals surface area contributed by atoms with E-state index in [2.05, 4.69) is 4.98 Å². The molecule has 2 aliphatic heterocycles. The minimum atomic E-state index is -2.59. The van der Waals surface area contributed by atoms with Crippen molar-refractivity contribution < 1.29 is 44.9 Å². The van der Waals surface area contributed by atoms with E-state index < -0.39 is 74.6 Å². The van der Waals surface area contributed by atoms with Crippen LogP contribution in [0.15, 0.2) is 18.3 Å². The summed E-state index contributed by atoms with van der Waals surface area (Å²) in [5.74, 6) is -4.34. The molecule has 6 aliphatic rings. The second kappa shape index (κ2) is 5.96. The number of aromatic nitrogens is 1. The molecule has 194 valence electrons. The van der Waals surface area contributed by atoms with E-state index in [0.29, 0.717) is 6.42 Å². The molecule has 0 radical (unpaired) electrons. The first kappa shape index (κ1) is 23.8. The van der Waals surface area contributed by atoms with Gasteiger partial charge in [0.25, 0.3) is 0 Å². The largest absolute Gasteiger partial charge is 0.451 e. The highest BCUT2D eigenvalue weighted by Gasteiger charge is 3.10. The van der Waals surface area contributed by atoms with Crippen molar-refractivity contribution in [1.82, 2.24) is 4.98 Å². The maximum absolute atomic E-state index is 13.2. The average Bonchev–Trinajstić information content (AvgIpc) is 3.41. The quantitative estimate of drug-likeness (QED) is 0.282. The number of carbonyl (C=O) groups excluding carboxylic acids is 1. The number of aromatic amines is 1. The van der Waals surface area contributed by atoms with Gasteiger partial charge in [0, 0.05) is 18.0 Å². The smallest absolute Gasteiger partial charge is 0.355 e. The monoisotopic (exact) mass is 493 g/mol. The first-order valence-corrected chi connectivity index (χ1v) is 12.4. The van der Waals surface area contributed by atoms with Crippen LogP contribution in [-0.2, 0) is 9.47 Å². The molecule has 7 N–H and O–H groups in total. The Kier molecular flexibility index (Phi) is 4.06. The topological polar surface area (TPSA) is 173 Å². The van der Waals surface area contributed by atoms with E-state index in [-0.39, 0.29) is 18.5 Å². The standard InChI is InChI=1S/C25H35NO9/c1-12(2)22(31)17(34-16(28)14-7-6-10-26-14)23(32)18(4)11-21(30)19(22,5)25(23,33)24(35-21)15(27)13(3)8-9-20(18,24)29/h6-7,10,12-13,15,17,26-27,29-33H,8-9,11H2,1-5H3/t13?,15?,17?,18-,19-,20-,21-,22+,23+,24+,25+/m0/s1. The molecule has 3 heterocycles. The van der Waals surface area contributed by atoms with Gasteiger partial charge >= 0.3 is 5.97 Å². The number of aliphatic hydroxyl groups excluding tert-OH is 1. The van der Waals surface area contributed by atoms with Crippen LogP contribution in [0.2, 0.25) is 0 Å². The van der Waals surface area contributed by atoms with Gasteiger partial charge in [0.2, 0.25) is 0 Å². The maximum atomic E-state index is 13.2. The summed E-state index contributed by atoms with van der Waals surface area (Å²) in [4.78, 5) is 15.9. The summed E-state index contributed by atoms with van der Waals surface area (Å²) >= 11 is 0. The number of aliphatic hydroxyl groups is 6. The van der Waals surface area contributed by atoms with Crippen LogP contribution in [0, 0.1) is 22.7 Å². The van der Waals surface area contributed by atoms with E-state index in [1.54, 1.807) is 26.8 Å². The Balaban J connectivity index is 1.69. The molecule has 10 nitrogen and oxygen atoms in total. The van der Waals surface area contributed by atoms with Gasteiger partial charge in [0.15, 0.2) is 17.5 Å². The van der Waals surface area contributed by atoms with Gasteiger partial charge in [-0.1, -0.05) is 27.7 Å². The van der Waals surface area contributed by atoms with Gasteiger partial charge < -0.3 is 45.1 Å². The summed E-state index contributed by atoms with van der Waals surface area (Å²) in [6.45, 7) is 7.91. The summed E-state index contributed by atoms with van der Waals surface area (Å²) < 4.78 is 12.1. The summed E-state index contributed by atoms with van der Waals surface area (Å²) in [6.07, 6.45) is -1.63. The molecule has 7 rings (SSSR count). The Morgan fingerprint density at radius 1 is 1.20 bits per heavy atom. The summed E-state index contributed by atoms with van der Waals surface area (Å²) in [7, 11) is 0. The average molecular weight is 494 g/mol. The predicted molar refractivity (Wildman–Crippen MR) is 119 cm³/mol. The normalized spacial score (nSPS) is 59.8. The third kappa shape index (κ3) is 1.74. The molecule has 3 unspecified atom stereocenters. The van der Waals surface area contributed by atoms with Crippen molar-refractivity contribution in [2.45, 2.75) is 99.9 Å². The second-order valence-corrected chi connectivity index (χ2v) is 12.4. The summed E-state index contributed by atoms with van der Waals surface area (Å²) in [6, 6.07) is 3.06. The summed E-state index contributed by atoms with van der Waals surface area (Å²) in [5.41, 5.74) is -15.2. The van der Waals surface area contributed by atoms with Crippen LogP contribution in [0.25, 0.3) is 0 Å². The molecule has 4 aliphatic carbocycles. The number of rotatable bonds is 3. The van der Waals surface area contributed by atoms with Crippen LogP contribution >= 0.6 is 0 Å². The van der Waals surface area contributed by atoms with Crippen molar-refractivity contribution in [3.8, 4) is 0 Å². The van der Waals surface area contributed by atoms with Crippen molar-refractivity contribution in [2.75, 3.05) is 0 Å². The van der Waals surface area contributed by atoms with E-state index in [1.165, 1.54) is 26.1 Å². The molecule has 1 aromatic rings. The fourth-order valence-corrected chi connectivity index (χ4v) is 9.56. The van der Waals surface area contributed by atoms with Crippen molar-refractivity contribution in [3.05, 3.63) is 24.0 Å². The van der Waals surface area contributed by atoms with E-state index in [1.807, 2.05) is 0 Å². The highest BCUT2D eigenvalue weighted by molar-refractivity contribution is 5.87. The predicted octanol–water partition coefficient (Wildman–Crippen LogP) is -0.188. The highest BCUT2D eigenvalue weighted by atomic mass is 16.7. The zero-order chi connectivity index (χ0) is 25.8. The molecule has 11 atom stereocenters. The van der Waals surface area contributed by atoms with Crippen LogP contribution in [0.1, 0.15) is 64.4 Å². The van der Waals surface area contributed by atoms with Gasteiger partial charge in [0.05, 0.1) is 11.5 Å². The van der Waals surface area contributed by atoms with E-state index in [9.17, 15) is 35.4 Å². The number of ether oxygens (including phenoxy) is 2. The number of hydrogen-bond donors (Lipinski definition) is 7. The minimum Gasteiger partial charge on any atom is -0.451 e. The van der Waals surface area contributed by atoms with E-state index in [4.69, 9.17) is 9.47 Å². The van der Waals surface area contributed by atoms with E-state index in [0.717, 1.165) is 0 Å². The molecular formula is C25H35NO9. The highest BCUT2D eigenvalue weighted by Crippen LogP contribution is 2.90. The molecule has 6 fully saturated rings. The fourth-order valence-electron chi connectivity index (χ4n) is 9.56. The van der Waals surface area contributed by atoms with Crippen LogP contribution < -0.4 is 0 Å². The van der Waals surface area contributed by atoms with E-state index >= 15 is 0 Å². The molecule has 2 saturated heterocycles. The fraction of sp³-hybridized carbons (Fsp3) is 0.800. The van der Waals surface area contributed by atoms with Crippen LogP contribution in [0.5, 0.6) is 0 Å². The summed E-state index contributed by atoms with van der Waals surface area (Å²) in [5, 5.41) is 73.9. The van der Waals surface area contributed by atoms with Crippen molar-refractivity contribution >= 4 is 5.97 Å². The van der Waals surface area contributed by atoms with Crippen molar-refractivity contribution in [1.29, 1.82) is 0 Å².